The van der Waals surface area contributed by atoms with Gasteiger partial charge < -0.3 is 9.88 Å². The second-order valence-corrected chi connectivity index (χ2v) is 9.70. The molecule has 1 N–H and O–H groups in total. The van der Waals surface area contributed by atoms with Crippen LogP contribution in [0.4, 0.5) is 14.9 Å². The molecule has 2 heterocycles. The van der Waals surface area contributed by atoms with Gasteiger partial charge in [-0.2, -0.15) is 0 Å². The second kappa shape index (κ2) is 9.52. The maximum Gasteiger partial charge on any atom is 0.294 e. The summed E-state index contributed by atoms with van der Waals surface area (Å²) in [5.41, 5.74) is 4.01. The van der Waals surface area contributed by atoms with Crippen molar-refractivity contribution in [3.63, 3.8) is 0 Å². The average Bonchev–Trinajstić information content (AvgIpc) is 3.18. The number of aromatic nitrogens is 1. The van der Waals surface area contributed by atoms with Crippen LogP contribution in [0.1, 0.15) is 17.0 Å². The monoisotopic (exact) mass is 575 g/mol. The number of imide groups is 1. The molecular formula is C24H19FIN3O3S. The van der Waals surface area contributed by atoms with Crippen molar-refractivity contribution in [2.75, 3.05) is 11.9 Å². The summed E-state index contributed by atoms with van der Waals surface area (Å²) in [6.45, 7) is 3.48. The first-order valence-corrected chi connectivity index (χ1v) is 11.9. The van der Waals surface area contributed by atoms with E-state index in [-0.39, 0.29) is 10.6 Å². The van der Waals surface area contributed by atoms with E-state index < -0.39 is 29.4 Å². The van der Waals surface area contributed by atoms with Gasteiger partial charge in [-0.05, 0) is 108 Å². The third-order valence-electron chi connectivity index (χ3n) is 5.13. The number of hydrogen-bond donors (Lipinski definition) is 1. The van der Waals surface area contributed by atoms with Crippen LogP contribution in [0.15, 0.2) is 59.5 Å². The first-order chi connectivity index (χ1) is 15.7. The summed E-state index contributed by atoms with van der Waals surface area (Å²) in [4.78, 5) is 38.7. The number of rotatable bonds is 5. The Kier molecular flexibility index (Phi) is 6.71. The van der Waals surface area contributed by atoms with Crippen molar-refractivity contribution in [3.8, 4) is 5.69 Å². The largest absolute Gasteiger partial charge is 0.324 e. The predicted octanol–water partition coefficient (Wildman–Crippen LogP) is 5.51. The van der Waals surface area contributed by atoms with Crippen molar-refractivity contribution in [2.45, 2.75) is 13.8 Å². The number of carbonyl (C=O) groups is 3. The number of benzene rings is 2. The number of carbonyl (C=O) groups excluding carboxylic acids is 3. The maximum atomic E-state index is 13.3. The first kappa shape index (κ1) is 23.2. The number of anilines is 1. The lowest BCUT2D eigenvalue weighted by molar-refractivity contribution is -0.127. The Morgan fingerprint density at radius 1 is 1.12 bits per heavy atom. The van der Waals surface area contributed by atoms with E-state index in [1.54, 1.807) is 6.08 Å². The predicted molar refractivity (Wildman–Crippen MR) is 136 cm³/mol. The van der Waals surface area contributed by atoms with Gasteiger partial charge in [-0.3, -0.25) is 19.3 Å². The van der Waals surface area contributed by atoms with Gasteiger partial charge in [0.2, 0.25) is 5.91 Å². The Balaban J connectivity index is 1.53. The molecule has 1 aliphatic heterocycles. The molecule has 9 heteroatoms. The van der Waals surface area contributed by atoms with Crippen molar-refractivity contribution in [2.24, 2.45) is 0 Å². The van der Waals surface area contributed by atoms with Crippen LogP contribution in [0.2, 0.25) is 0 Å². The highest BCUT2D eigenvalue weighted by Gasteiger charge is 2.36. The molecule has 1 fully saturated rings. The van der Waals surface area contributed by atoms with Crippen LogP contribution in [-0.4, -0.2) is 33.1 Å². The lowest BCUT2D eigenvalue weighted by Gasteiger charge is -2.12. The van der Waals surface area contributed by atoms with Crippen molar-refractivity contribution in [1.29, 1.82) is 0 Å². The summed E-state index contributed by atoms with van der Waals surface area (Å²) in [6.07, 6.45) is 1.68. The third kappa shape index (κ3) is 5.03. The standard InChI is InChI=1S/C24H19FIN3O3S/c1-14-10-16(15(2)29(14)20-8-6-18(26)7-9-20)11-21-23(31)28(24(32)33-21)13-22(30)27-19-5-3-4-17(25)12-19/h3-12H,13H2,1-2H3,(H,27,30)/b21-11-. The third-order valence-corrected chi connectivity index (χ3v) is 6.75. The Hall–Kier alpha value is -2.92. The number of nitrogens with zero attached hydrogens (tertiary/aromatic N) is 2. The summed E-state index contributed by atoms with van der Waals surface area (Å²) in [5.74, 6) is -1.61. The first-order valence-electron chi connectivity index (χ1n) is 9.98. The summed E-state index contributed by atoms with van der Waals surface area (Å²) in [6, 6.07) is 15.5. The summed E-state index contributed by atoms with van der Waals surface area (Å²) in [7, 11) is 0. The maximum absolute atomic E-state index is 13.3. The minimum atomic E-state index is -0.582. The van der Waals surface area contributed by atoms with Gasteiger partial charge in [-0.25, -0.2) is 4.39 Å². The molecule has 1 saturated heterocycles. The SMILES string of the molecule is Cc1cc(/C=C2\SC(=O)N(CC(=O)Nc3cccc(F)c3)C2=O)c(C)n1-c1ccc(I)cc1. The fourth-order valence-electron chi connectivity index (χ4n) is 3.61. The van der Waals surface area contributed by atoms with E-state index in [9.17, 15) is 18.8 Å². The zero-order chi connectivity index (χ0) is 23.7. The van der Waals surface area contributed by atoms with E-state index in [4.69, 9.17) is 0 Å². The van der Waals surface area contributed by atoms with Crippen LogP contribution in [0.25, 0.3) is 11.8 Å². The number of aryl methyl sites for hydroxylation is 1. The number of amides is 3. The molecule has 3 amide bonds. The lowest BCUT2D eigenvalue weighted by atomic mass is 10.2. The fraction of sp³-hybridized carbons (Fsp3) is 0.125. The Labute approximate surface area is 208 Å². The molecular weight excluding hydrogens is 556 g/mol. The van der Waals surface area contributed by atoms with Crippen molar-refractivity contribution in [3.05, 3.63) is 85.8 Å². The Morgan fingerprint density at radius 2 is 1.85 bits per heavy atom. The average molecular weight is 575 g/mol. The number of thioether (sulfide) groups is 1. The van der Waals surface area contributed by atoms with Crippen LogP contribution in [0, 0.1) is 23.2 Å². The normalized spacial score (nSPS) is 14.9. The molecule has 0 unspecified atom stereocenters. The zero-order valence-electron chi connectivity index (χ0n) is 17.8. The minimum absolute atomic E-state index is 0.251. The molecule has 4 rings (SSSR count). The summed E-state index contributed by atoms with van der Waals surface area (Å²) >= 11 is 3.05. The molecule has 1 aliphatic rings. The van der Waals surface area contributed by atoms with Gasteiger partial charge in [-0.1, -0.05) is 6.07 Å². The molecule has 168 valence electrons. The van der Waals surface area contributed by atoms with E-state index in [0.717, 1.165) is 48.9 Å². The van der Waals surface area contributed by atoms with Crippen molar-refractivity contribution >= 4 is 63.2 Å². The molecule has 3 aromatic rings. The van der Waals surface area contributed by atoms with E-state index in [2.05, 4.69) is 32.5 Å². The van der Waals surface area contributed by atoms with Crippen LogP contribution in [0.5, 0.6) is 0 Å². The van der Waals surface area contributed by atoms with Crippen LogP contribution >= 0.6 is 34.4 Å². The van der Waals surface area contributed by atoms with E-state index >= 15 is 0 Å². The number of halogens is 2. The fourth-order valence-corrected chi connectivity index (χ4v) is 4.80. The highest BCUT2D eigenvalue weighted by Crippen LogP contribution is 2.33. The molecule has 0 atom stereocenters. The highest BCUT2D eigenvalue weighted by atomic mass is 127. The van der Waals surface area contributed by atoms with Crippen molar-refractivity contribution < 1.29 is 18.8 Å². The molecule has 0 spiro atoms. The van der Waals surface area contributed by atoms with Gasteiger partial charge in [0.25, 0.3) is 11.1 Å². The quantitative estimate of drug-likeness (QED) is 0.322. The number of hydrogen-bond acceptors (Lipinski definition) is 4. The number of nitrogens with one attached hydrogen (secondary N) is 1. The molecule has 1 aromatic heterocycles. The summed E-state index contributed by atoms with van der Waals surface area (Å²) < 4.78 is 16.5. The lowest BCUT2D eigenvalue weighted by Crippen LogP contribution is -2.36. The van der Waals surface area contributed by atoms with E-state index in [1.807, 2.05) is 44.2 Å². The van der Waals surface area contributed by atoms with Gasteiger partial charge >= 0.3 is 0 Å². The molecule has 0 aliphatic carbocycles. The van der Waals surface area contributed by atoms with Crippen molar-refractivity contribution in [1.82, 2.24) is 9.47 Å². The molecule has 0 bridgehead atoms. The highest BCUT2D eigenvalue weighted by molar-refractivity contribution is 14.1. The van der Waals surface area contributed by atoms with Gasteiger partial charge in [0.15, 0.2) is 0 Å². The minimum Gasteiger partial charge on any atom is -0.324 e. The second-order valence-electron chi connectivity index (χ2n) is 7.46. The smallest absolute Gasteiger partial charge is 0.294 e. The van der Waals surface area contributed by atoms with Crippen LogP contribution in [0.3, 0.4) is 0 Å². The van der Waals surface area contributed by atoms with E-state index in [1.165, 1.54) is 18.2 Å². The molecule has 0 radical (unpaired) electrons. The molecule has 0 saturated carbocycles. The van der Waals surface area contributed by atoms with Gasteiger partial charge in [0.05, 0.1) is 4.91 Å². The van der Waals surface area contributed by atoms with Crippen LogP contribution < -0.4 is 5.32 Å². The molecule has 2 aromatic carbocycles. The van der Waals surface area contributed by atoms with Gasteiger partial charge in [-0.15, -0.1) is 0 Å². The van der Waals surface area contributed by atoms with Gasteiger partial charge in [0, 0.05) is 26.3 Å². The van der Waals surface area contributed by atoms with Crippen LogP contribution in [-0.2, 0) is 9.59 Å². The topological polar surface area (TPSA) is 71.4 Å². The zero-order valence-corrected chi connectivity index (χ0v) is 20.7. The Bertz CT molecular complexity index is 1300. The molecule has 33 heavy (non-hydrogen) atoms. The van der Waals surface area contributed by atoms with E-state index in [0.29, 0.717) is 0 Å². The van der Waals surface area contributed by atoms with Gasteiger partial charge in [0.1, 0.15) is 12.4 Å². The molecule has 6 nitrogen and oxygen atoms in total. The summed E-state index contributed by atoms with van der Waals surface area (Å²) in [5, 5.41) is 1.98. The Morgan fingerprint density at radius 3 is 2.55 bits per heavy atom.